The van der Waals surface area contributed by atoms with Gasteiger partial charge in [-0.1, -0.05) is 24.3 Å². The molecule has 0 radical (unpaired) electrons. The second-order valence-electron chi connectivity index (χ2n) is 9.64. The molecule has 5 rings (SSSR count). The van der Waals surface area contributed by atoms with E-state index in [0.717, 1.165) is 57.8 Å². The highest BCUT2D eigenvalue weighted by Gasteiger charge is 2.32. The summed E-state index contributed by atoms with van der Waals surface area (Å²) in [5, 5.41) is 1.30. The molecule has 0 bridgehead atoms. The fraction of sp³-hybridized carbons (Fsp3) is 0.444. The Morgan fingerprint density at radius 2 is 1.79 bits per heavy atom. The third-order valence-corrected chi connectivity index (χ3v) is 7.16. The van der Waals surface area contributed by atoms with Crippen LogP contribution in [0.25, 0.3) is 10.9 Å². The first-order valence-electron chi connectivity index (χ1n) is 12.2. The van der Waals surface area contributed by atoms with Gasteiger partial charge in [0.25, 0.3) is 0 Å². The number of aromatic nitrogens is 1. The summed E-state index contributed by atoms with van der Waals surface area (Å²) >= 11 is 0. The number of aryl methyl sites for hydroxylation is 1. The fourth-order valence-electron chi connectivity index (χ4n) is 5.37. The molecule has 2 aliphatic rings. The minimum Gasteiger partial charge on any atom is -0.368 e. The predicted molar refractivity (Wildman–Crippen MR) is 136 cm³/mol. The Bertz CT molecular complexity index is 1100. The van der Waals surface area contributed by atoms with E-state index in [1.165, 1.54) is 22.2 Å². The quantitative estimate of drug-likeness (QED) is 0.630. The van der Waals surface area contributed by atoms with Gasteiger partial charge in [0.05, 0.1) is 0 Å². The standard InChI is InChI=1S/C27H35N5O/c1-29(2)15-13-27(33)32-22(11-10-21-6-3-4-8-25(21)32)20-30-16-18-31(19-17-30)26-9-5-7-24-23(26)12-14-28-24/h3-9,12,14,22,28H,10-11,13,15-20H2,1-2H3. The van der Waals surface area contributed by atoms with E-state index in [9.17, 15) is 4.79 Å². The summed E-state index contributed by atoms with van der Waals surface area (Å²) in [4.78, 5) is 25.9. The zero-order valence-corrected chi connectivity index (χ0v) is 19.8. The minimum absolute atomic E-state index is 0.245. The van der Waals surface area contributed by atoms with Crippen LogP contribution in [0.5, 0.6) is 0 Å². The van der Waals surface area contributed by atoms with Crippen LogP contribution in [0.3, 0.4) is 0 Å². The Hall–Kier alpha value is -2.83. The van der Waals surface area contributed by atoms with Crippen molar-refractivity contribution >= 4 is 28.2 Å². The number of anilines is 2. The number of nitrogens with zero attached hydrogens (tertiary/aromatic N) is 4. The number of para-hydroxylation sites is 1. The molecular weight excluding hydrogens is 410 g/mol. The summed E-state index contributed by atoms with van der Waals surface area (Å²) in [5.41, 5.74) is 4.94. The molecule has 2 aliphatic heterocycles. The summed E-state index contributed by atoms with van der Waals surface area (Å²) in [6.45, 7) is 5.82. The van der Waals surface area contributed by atoms with E-state index in [0.29, 0.717) is 6.42 Å². The largest absolute Gasteiger partial charge is 0.368 e. The van der Waals surface area contributed by atoms with Crippen LogP contribution >= 0.6 is 0 Å². The Kier molecular flexibility index (Phi) is 6.38. The van der Waals surface area contributed by atoms with E-state index in [-0.39, 0.29) is 11.9 Å². The highest BCUT2D eigenvalue weighted by atomic mass is 16.2. The summed E-state index contributed by atoms with van der Waals surface area (Å²) < 4.78 is 0. The van der Waals surface area contributed by atoms with Crippen molar-refractivity contribution in [2.24, 2.45) is 0 Å². The Labute approximate surface area is 196 Å². The van der Waals surface area contributed by atoms with Crippen molar-refractivity contribution in [3.8, 4) is 0 Å². The number of rotatable bonds is 6. The molecule has 1 N–H and O–H groups in total. The van der Waals surface area contributed by atoms with Crippen LogP contribution in [-0.2, 0) is 11.2 Å². The van der Waals surface area contributed by atoms with Crippen LogP contribution in [0.1, 0.15) is 18.4 Å². The van der Waals surface area contributed by atoms with Crippen LogP contribution in [-0.4, -0.2) is 80.1 Å². The summed E-state index contributed by atoms with van der Waals surface area (Å²) in [6.07, 6.45) is 4.67. The number of nitrogens with one attached hydrogen (secondary N) is 1. The molecule has 0 saturated carbocycles. The molecule has 0 aliphatic carbocycles. The van der Waals surface area contributed by atoms with E-state index >= 15 is 0 Å². The summed E-state index contributed by atoms with van der Waals surface area (Å²) in [6, 6.07) is 17.4. The van der Waals surface area contributed by atoms with Gasteiger partial charge in [0.15, 0.2) is 0 Å². The SMILES string of the molecule is CN(C)CCC(=O)N1c2ccccc2CCC1CN1CCN(c2cccc3[nH]ccc23)CC1. The maximum Gasteiger partial charge on any atom is 0.228 e. The number of benzene rings is 2. The third-order valence-electron chi connectivity index (χ3n) is 7.16. The van der Waals surface area contributed by atoms with Crippen LogP contribution in [0.2, 0.25) is 0 Å². The number of aromatic amines is 1. The van der Waals surface area contributed by atoms with Crippen molar-refractivity contribution in [1.29, 1.82) is 0 Å². The van der Waals surface area contributed by atoms with Crippen LogP contribution in [0, 0.1) is 0 Å². The van der Waals surface area contributed by atoms with Gasteiger partial charge in [-0.25, -0.2) is 0 Å². The molecule has 3 aromatic rings. The molecule has 6 heteroatoms. The number of H-pyrrole nitrogens is 1. The van der Waals surface area contributed by atoms with Gasteiger partial charge in [0, 0.05) is 80.2 Å². The van der Waals surface area contributed by atoms with Gasteiger partial charge in [-0.2, -0.15) is 0 Å². The van der Waals surface area contributed by atoms with Crippen molar-refractivity contribution in [2.75, 3.05) is 63.2 Å². The molecule has 33 heavy (non-hydrogen) atoms. The molecule has 1 aromatic heterocycles. The number of amides is 1. The summed E-state index contributed by atoms with van der Waals surface area (Å²) in [7, 11) is 4.06. The topological polar surface area (TPSA) is 45.8 Å². The summed E-state index contributed by atoms with van der Waals surface area (Å²) in [5.74, 6) is 0.249. The number of piperazine rings is 1. The van der Waals surface area contributed by atoms with Gasteiger partial charge in [-0.15, -0.1) is 0 Å². The number of carbonyl (C=O) groups excluding carboxylic acids is 1. The average molecular weight is 446 g/mol. The maximum absolute atomic E-state index is 13.3. The third kappa shape index (κ3) is 4.63. The zero-order valence-electron chi connectivity index (χ0n) is 19.8. The van der Waals surface area contributed by atoms with Crippen molar-refractivity contribution in [3.05, 3.63) is 60.3 Å². The predicted octanol–water partition coefficient (Wildman–Crippen LogP) is 3.59. The van der Waals surface area contributed by atoms with Crippen molar-refractivity contribution < 1.29 is 4.79 Å². The molecule has 1 amide bonds. The first-order valence-corrected chi connectivity index (χ1v) is 12.2. The molecule has 1 saturated heterocycles. The lowest BCUT2D eigenvalue weighted by molar-refractivity contribution is -0.119. The monoisotopic (exact) mass is 445 g/mol. The van der Waals surface area contributed by atoms with Crippen molar-refractivity contribution in [3.63, 3.8) is 0 Å². The van der Waals surface area contributed by atoms with Crippen molar-refractivity contribution in [1.82, 2.24) is 14.8 Å². The highest BCUT2D eigenvalue weighted by Crippen LogP contribution is 2.32. The van der Waals surface area contributed by atoms with E-state index in [4.69, 9.17) is 0 Å². The lowest BCUT2D eigenvalue weighted by Crippen LogP contribution is -2.54. The first kappa shape index (κ1) is 22.0. The lowest BCUT2D eigenvalue weighted by atomic mass is 9.94. The number of carbonyl (C=O) groups is 1. The molecular formula is C27H35N5O. The normalized spacial score (nSPS) is 19.3. The molecule has 6 nitrogen and oxygen atoms in total. The first-order chi connectivity index (χ1) is 16.1. The highest BCUT2D eigenvalue weighted by molar-refractivity contribution is 5.95. The van der Waals surface area contributed by atoms with E-state index in [2.05, 4.69) is 73.1 Å². The Balaban J connectivity index is 1.27. The Morgan fingerprint density at radius 1 is 1.00 bits per heavy atom. The lowest BCUT2D eigenvalue weighted by Gasteiger charge is -2.42. The molecule has 1 fully saturated rings. The molecule has 0 spiro atoms. The van der Waals surface area contributed by atoms with Gasteiger partial charge in [-0.05, 0) is 56.8 Å². The Morgan fingerprint density at radius 3 is 2.61 bits per heavy atom. The van der Waals surface area contributed by atoms with E-state index in [1.807, 2.05) is 20.3 Å². The van der Waals surface area contributed by atoms with Gasteiger partial charge in [0.1, 0.15) is 0 Å². The smallest absolute Gasteiger partial charge is 0.228 e. The molecule has 1 atom stereocenters. The second kappa shape index (κ2) is 9.57. The van der Waals surface area contributed by atoms with E-state index < -0.39 is 0 Å². The van der Waals surface area contributed by atoms with Crippen LogP contribution in [0.4, 0.5) is 11.4 Å². The average Bonchev–Trinajstić information content (AvgIpc) is 3.32. The van der Waals surface area contributed by atoms with Crippen LogP contribution in [0.15, 0.2) is 54.7 Å². The molecule has 1 unspecified atom stereocenters. The number of fused-ring (bicyclic) bond motifs is 2. The minimum atomic E-state index is 0.245. The van der Waals surface area contributed by atoms with Gasteiger partial charge < -0.3 is 19.7 Å². The molecule has 174 valence electrons. The van der Waals surface area contributed by atoms with Gasteiger partial charge >= 0.3 is 0 Å². The van der Waals surface area contributed by atoms with E-state index in [1.54, 1.807) is 0 Å². The fourth-order valence-corrected chi connectivity index (χ4v) is 5.37. The van der Waals surface area contributed by atoms with Crippen LogP contribution < -0.4 is 9.80 Å². The zero-order chi connectivity index (χ0) is 22.8. The second-order valence-corrected chi connectivity index (χ2v) is 9.64. The van der Waals surface area contributed by atoms with Gasteiger partial charge in [-0.3, -0.25) is 9.69 Å². The number of hydrogen-bond acceptors (Lipinski definition) is 4. The maximum atomic E-state index is 13.3. The molecule has 3 heterocycles. The van der Waals surface area contributed by atoms with Gasteiger partial charge in [0.2, 0.25) is 5.91 Å². The molecule has 2 aromatic carbocycles. The number of hydrogen-bond donors (Lipinski definition) is 1. The van der Waals surface area contributed by atoms with Crippen molar-refractivity contribution in [2.45, 2.75) is 25.3 Å².